The summed E-state index contributed by atoms with van der Waals surface area (Å²) >= 11 is 0. The molecule has 0 radical (unpaired) electrons. The van der Waals surface area contributed by atoms with E-state index in [-0.39, 0.29) is 0 Å². The van der Waals surface area contributed by atoms with E-state index in [0.717, 1.165) is 0 Å². The van der Waals surface area contributed by atoms with Gasteiger partial charge < -0.3 is 5.32 Å². The third kappa shape index (κ3) is 4.18. The first-order valence-electron chi connectivity index (χ1n) is 7.90. The Balaban J connectivity index is 1.98. The largest absolute Gasteiger partial charge is 0.313 e. The van der Waals surface area contributed by atoms with Gasteiger partial charge in [-0.25, -0.2) is 0 Å². The van der Waals surface area contributed by atoms with E-state index in [1.807, 2.05) is 0 Å². The molecule has 2 aromatic carbocycles. The Hall–Kier alpha value is -1.60. The van der Waals surface area contributed by atoms with Gasteiger partial charge in [0.2, 0.25) is 0 Å². The maximum Gasteiger partial charge on any atom is 0.0317 e. The van der Waals surface area contributed by atoms with Gasteiger partial charge in [-0.3, -0.25) is 0 Å². The zero-order chi connectivity index (χ0) is 15.2. The molecule has 2 rings (SSSR count). The lowest BCUT2D eigenvalue weighted by Crippen LogP contribution is -2.16. The molecule has 2 aromatic rings. The molecule has 112 valence electrons. The molecule has 0 aliphatic carbocycles. The molecule has 0 saturated carbocycles. The topological polar surface area (TPSA) is 12.0 Å². The standard InChI is InChI=1S/C20H27N/c1-15-13-16(2)19(17(3)14-15)11-8-12-20(21-4)18-9-6-5-7-10-18/h5-7,9-10,13-14,20-21H,8,11-12H2,1-4H3. The lowest BCUT2D eigenvalue weighted by Gasteiger charge is -2.17. The van der Waals surface area contributed by atoms with Crippen LogP contribution in [0.15, 0.2) is 42.5 Å². The number of nitrogens with one attached hydrogen (secondary N) is 1. The summed E-state index contributed by atoms with van der Waals surface area (Å²) in [6, 6.07) is 15.8. The SMILES string of the molecule is CNC(CCCc1c(C)cc(C)cc1C)c1ccccc1. The van der Waals surface area contributed by atoms with Crippen molar-refractivity contribution in [1.29, 1.82) is 0 Å². The molecule has 0 amide bonds. The van der Waals surface area contributed by atoms with Crippen LogP contribution >= 0.6 is 0 Å². The summed E-state index contributed by atoms with van der Waals surface area (Å²) < 4.78 is 0. The summed E-state index contributed by atoms with van der Waals surface area (Å²) in [7, 11) is 2.06. The summed E-state index contributed by atoms with van der Waals surface area (Å²) in [5.74, 6) is 0. The Morgan fingerprint density at radius 2 is 1.57 bits per heavy atom. The average Bonchev–Trinajstić information content (AvgIpc) is 2.46. The van der Waals surface area contributed by atoms with Gasteiger partial charge in [0.15, 0.2) is 0 Å². The van der Waals surface area contributed by atoms with Crippen molar-refractivity contribution in [1.82, 2.24) is 5.32 Å². The van der Waals surface area contributed by atoms with Crippen LogP contribution in [0.1, 0.15) is 46.7 Å². The van der Waals surface area contributed by atoms with Crippen LogP contribution in [0.4, 0.5) is 0 Å². The van der Waals surface area contributed by atoms with Crippen LogP contribution in [0.5, 0.6) is 0 Å². The Morgan fingerprint density at radius 1 is 0.952 bits per heavy atom. The average molecular weight is 281 g/mol. The van der Waals surface area contributed by atoms with Gasteiger partial charge in [0.05, 0.1) is 0 Å². The summed E-state index contributed by atoms with van der Waals surface area (Å²) in [5.41, 5.74) is 7.16. The first-order chi connectivity index (χ1) is 10.1. The van der Waals surface area contributed by atoms with Crippen molar-refractivity contribution in [3.63, 3.8) is 0 Å². The van der Waals surface area contributed by atoms with Crippen LogP contribution in [0.25, 0.3) is 0 Å². The summed E-state index contributed by atoms with van der Waals surface area (Å²) in [4.78, 5) is 0. The Morgan fingerprint density at radius 3 is 2.14 bits per heavy atom. The fourth-order valence-electron chi connectivity index (χ4n) is 3.25. The van der Waals surface area contributed by atoms with Gasteiger partial charge in [0, 0.05) is 6.04 Å². The van der Waals surface area contributed by atoms with Crippen molar-refractivity contribution in [3.8, 4) is 0 Å². The van der Waals surface area contributed by atoms with E-state index >= 15 is 0 Å². The normalized spacial score (nSPS) is 12.4. The predicted molar refractivity (Wildman–Crippen MR) is 91.8 cm³/mol. The minimum atomic E-state index is 0.456. The van der Waals surface area contributed by atoms with E-state index in [9.17, 15) is 0 Å². The first kappa shape index (κ1) is 15.8. The highest BCUT2D eigenvalue weighted by Crippen LogP contribution is 2.22. The van der Waals surface area contributed by atoms with Crippen molar-refractivity contribution in [2.75, 3.05) is 7.05 Å². The monoisotopic (exact) mass is 281 g/mol. The Labute approximate surface area is 129 Å². The molecular weight excluding hydrogens is 254 g/mol. The molecule has 0 aromatic heterocycles. The zero-order valence-corrected chi connectivity index (χ0v) is 13.7. The lowest BCUT2D eigenvalue weighted by molar-refractivity contribution is 0.526. The summed E-state index contributed by atoms with van der Waals surface area (Å²) in [6.07, 6.45) is 3.56. The second-order valence-corrected chi connectivity index (χ2v) is 6.02. The van der Waals surface area contributed by atoms with E-state index in [2.05, 4.69) is 75.6 Å². The molecule has 1 N–H and O–H groups in total. The molecule has 0 spiro atoms. The third-order valence-corrected chi connectivity index (χ3v) is 4.31. The van der Waals surface area contributed by atoms with E-state index < -0.39 is 0 Å². The van der Waals surface area contributed by atoms with Crippen LogP contribution < -0.4 is 5.32 Å². The van der Waals surface area contributed by atoms with Gasteiger partial charge in [-0.05, 0) is 69.3 Å². The van der Waals surface area contributed by atoms with Crippen LogP contribution in [0, 0.1) is 20.8 Å². The second-order valence-electron chi connectivity index (χ2n) is 6.02. The van der Waals surface area contributed by atoms with Crippen LogP contribution in [0.3, 0.4) is 0 Å². The smallest absolute Gasteiger partial charge is 0.0317 e. The van der Waals surface area contributed by atoms with E-state index in [0.29, 0.717) is 6.04 Å². The minimum absolute atomic E-state index is 0.456. The van der Waals surface area contributed by atoms with Gasteiger partial charge in [-0.1, -0.05) is 48.0 Å². The number of hydrogen-bond donors (Lipinski definition) is 1. The molecule has 0 bridgehead atoms. The fourth-order valence-corrected chi connectivity index (χ4v) is 3.25. The van der Waals surface area contributed by atoms with Crippen LogP contribution in [-0.4, -0.2) is 7.05 Å². The van der Waals surface area contributed by atoms with Gasteiger partial charge in [0.25, 0.3) is 0 Å². The van der Waals surface area contributed by atoms with E-state index in [1.165, 1.54) is 47.1 Å². The summed E-state index contributed by atoms with van der Waals surface area (Å²) in [5, 5.41) is 3.44. The second kappa shape index (κ2) is 7.42. The van der Waals surface area contributed by atoms with Crippen molar-refractivity contribution in [3.05, 3.63) is 70.3 Å². The predicted octanol–water partition coefficient (Wildman–Crippen LogP) is 4.90. The highest BCUT2D eigenvalue weighted by molar-refractivity contribution is 5.37. The Bertz CT molecular complexity index is 549. The first-order valence-corrected chi connectivity index (χ1v) is 7.90. The highest BCUT2D eigenvalue weighted by atomic mass is 14.9. The van der Waals surface area contributed by atoms with Crippen molar-refractivity contribution < 1.29 is 0 Å². The molecule has 0 aliphatic heterocycles. The highest BCUT2D eigenvalue weighted by Gasteiger charge is 2.09. The van der Waals surface area contributed by atoms with E-state index in [1.54, 1.807) is 0 Å². The molecule has 1 heteroatoms. The summed E-state index contributed by atoms with van der Waals surface area (Å²) in [6.45, 7) is 6.65. The van der Waals surface area contributed by atoms with Gasteiger partial charge in [-0.2, -0.15) is 0 Å². The van der Waals surface area contributed by atoms with Gasteiger partial charge in [-0.15, -0.1) is 0 Å². The van der Waals surface area contributed by atoms with Gasteiger partial charge >= 0.3 is 0 Å². The molecule has 0 saturated heterocycles. The zero-order valence-electron chi connectivity index (χ0n) is 13.7. The van der Waals surface area contributed by atoms with Crippen molar-refractivity contribution >= 4 is 0 Å². The molecule has 0 aliphatic rings. The third-order valence-electron chi connectivity index (χ3n) is 4.31. The maximum absolute atomic E-state index is 3.44. The fraction of sp³-hybridized carbons (Fsp3) is 0.400. The minimum Gasteiger partial charge on any atom is -0.313 e. The number of benzene rings is 2. The maximum atomic E-state index is 3.44. The van der Waals surface area contributed by atoms with Crippen LogP contribution in [0.2, 0.25) is 0 Å². The number of aryl methyl sites for hydroxylation is 3. The lowest BCUT2D eigenvalue weighted by atomic mass is 9.93. The molecule has 1 nitrogen and oxygen atoms in total. The molecule has 0 fully saturated rings. The molecule has 1 unspecified atom stereocenters. The quantitative estimate of drug-likeness (QED) is 0.794. The number of rotatable bonds is 6. The van der Waals surface area contributed by atoms with Crippen molar-refractivity contribution in [2.45, 2.75) is 46.1 Å². The van der Waals surface area contributed by atoms with E-state index in [4.69, 9.17) is 0 Å². The molecule has 21 heavy (non-hydrogen) atoms. The number of hydrogen-bond acceptors (Lipinski definition) is 1. The molecular formula is C20H27N. The van der Waals surface area contributed by atoms with Crippen molar-refractivity contribution in [2.24, 2.45) is 0 Å². The van der Waals surface area contributed by atoms with Gasteiger partial charge in [0.1, 0.15) is 0 Å². The molecule has 1 atom stereocenters. The Kier molecular flexibility index (Phi) is 5.58. The molecule has 0 heterocycles. The van der Waals surface area contributed by atoms with Crippen LogP contribution in [-0.2, 0) is 6.42 Å².